The molecule has 6 nitrogen and oxygen atoms in total. The molecule has 0 fully saturated rings. The van der Waals surface area contributed by atoms with Crippen molar-refractivity contribution in [3.05, 3.63) is 59.2 Å². The minimum Gasteiger partial charge on any atom is -0.378 e. The van der Waals surface area contributed by atoms with Gasteiger partial charge in [0.05, 0.1) is 11.9 Å². The number of anilines is 2. The van der Waals surface area contributed by atoms with Gasteiger partial charge < -0.3 is 10.2 Å². The summed E-state index contributed by atoms with van der Waals surface area (Å²) in [6.45, 7) is 0.930. The fourth-order valence-corrected chi connectivity index (χ4v) is 4.24. The predicted molar refractivity (Wildman–Crippen MR) is 109 cm³/mol. The number of sulfonamides is 1. The van der Waals surface area contributed by atoms with Crippen molar-refractivity contribution in [1.82, 2.24) is 5.32 Å². The van der Waals surface area contributed by atoms with E-state index in [2.05, 4.69) is 5.32 Å². The molecule has 1 aliphatic rings. The zero-order valence-corrected chi connectivity index (χ0v) is 16.7. The van der Waals surface area contributed by atoms with Crippen LogP contribution in [0.1, 0.15) is 27.9 Å². The third kappa shape index (κ3) is 4.42. The van der Waals surface area contributed by atoms with Crippen LogP contribution in [0.3, 0.4) is 0 Å². The van der Waals surface area contributed by atoms with Gasteiger partial charge in [0.2, 0.25) is 10.0 Å². The number of carbonyl (C=O) groups is 1. The Morgan fingerprint density at radius 1 is 1.15 bits per heavy atom. The highest BCUT2D eigenvalue weighted by Crippen LogP contribution is 2.29. The van der Waals surface area contributed by atoms with Gasteiger partial charge in [-0.1, -0.05) is 12.1 Å². The van der Waals surface area contributed by atoms with Crippen LogP contribution >= 0.6 is 0 Å². The highest BCUT2D eigenvalue weighted by molar-refractivity contribution is 7.92. The molecule has 0 spiro atoms. The van der Waals surface area contributed by atoms with Crippen molar-refractivity contribution in [2.75, 3.05) is 36.1 Å². The van der Waals surface area contributed by atoms with E-state index in [0.29, 0.717) is 24.3 Å². The van der Waals surface area contributed by atoms with Crippen molar-refractivity contribution >= 4 is 27.3 Å². The van der Waals surface area contributed by atoms with Gasteiger partial charge in [0.25, 0.3) is 5.91 Å². The van der Waals surface area contributed by atoms with Crippen LogP contribution in [-0.2, 0) is 23.0 Å². The standard InChI is InChI=1S/C20H25N3O3S/c1-22(2)18-9-6-15(7-10-18)14-21-20(24)17-8-11-19-16(13-17)5-4-12-23(19)27(3,25)26/h6-11,13H,4-5,12,14H2,1-3H3,(H,21,24). The number of fused-ring (bicyclic) bond motifs is 1. The predicted octanol–water partition coefficient (Wildman–Crippen LogP) is 2.39. The molecule has 1 N–H and O–H groups in total. The molecule has 1 amide bonds. The zero-order valence-electron chi connectivity index (χ0n) is 15.9. The summed E-state index contributed by atoms with van der Waals surface area (Å²) in [5, 5.41) is 2.93. The summed E-state index contributed by atoms with van der Waals surface area (Å²) in [6.07, 6.45) is 2.74. The van der Waals surface area contributed by atoms with E-state index in [1.807, 2.05) is 43.3 Å². The molecule has 0 aromatic heterocycles. The second kappa shape index (κ2) is 7.60. The molecule has 2 aromatic rings. The first-order chi connectivity index (χ1) is 12.8. The molecular formula is C20H25N3O3S. The Bertz CT molecular complexity index is 937. The van der Waals surface area contributed by atoms with Gasteiger partial charge in [-0.3, -0.25) is 9.10 Å². The lowest BCUT2D eigenvalue weighted by molar-refractivity contribution is 0.0951. The number of carbonyl (C=O) groups excluding carboxylic acids is 1. The average molecular weight is 388 g/mol. The van der Waals surface area contributed by atoms with E-state index < -0.39 is 10.0 Å². The maximum absolute atomic E-state index is 12.5. The van der Waals surface area contributed by atoms with E-state index in [0.717, 1.165) is 29.7 Å². The van der Waals surface area contributed by atoms with Crippen LogP contribution in [0.15, 0.2) is 42.5 Å². The molecule has 0 radical (unpaired) electrons. The third-order valence-corrected chi connectivity index (χ3v) is 5.90. The normalized spacial score (nSPS) is 13.8. The van der Waals surface area contributed by atoms with Crippen LogP contribution in [0, 0.1) is 0 Å². The first kappa shape index (κ1) is 19.2. The summed E-state index contributed by atoms with van der Waals surface area (Å²) >= 11 is 0. The van der Waals surface area contributed by atoms with Crippen molar-refractivity contribution in [1.29, 1.82) is 0 Å². The first-order valence-electron chi connectivity index (χ1n) is 8.91. The number of aryl methyl sites for hydroxylation is 1. The molecule has 0 bridgehead atoms. The molecular weight excluding hydrogens is 362 g/mol. The summed E-state index contributed by atoms with van der Waals surface area (Å²) in [5.74, 6) is -0.161. The topological polar surface area (TPSA) is 69.7 Å². The van der Waals surface area contributed by atoms with E-state index in [9.17, 15) is 13.2 Å². The molecule has 0 unspecified atom stereocenters. The Balaban J connectivity index is 1.70. The third-order valence-electron chi connectivity index (χ3n) is 4.72. The van der Waals surface area contributed by atoms with Crippen molar-refractivity contribution in [3.63, 3.8) is 0 Å². The van der Waals surface area contributed by atoms with Crippen molar-refractivity contribution in [3.8, 4) is 0 Å². The lowest BCUT2D eigenvalue weighted by Crippen LogP contribution is -2.34. The minimum absolute atomic E-state index is 0.161. The van der Waals surface area contributed by atoms with Crippen molar-refractivity contribution in [2.24, 2.45) is 0 Å². The Morgan fingerprint density at radius 3 is 2.48 bits per heavy atom. The second-order valence-electron chi connectivity index (χ2n) is 7.03. The monoisotopic (exact) mass is 387 g/mol. The molecule has 0 saturated carbocycles. The number of hydrogen-bond acceptors (Lipinski definition) is 4. The fraction of sp³-hybridized carbons (Fsp3) is 0.350. The molecule has 0 atom stereocenters. The Labute approximate surface area is 160 Å². The van der Waals surface area contributed by atoms with Crippen LogP contribution in [0.4, 0.5) is 11.4 Å². The zero-order chi connectivity index (χ0) is 19.6. The van der Waals surface area contributed by atoms with Crippen LogP contribution in [-0.4, -0.2) is 41.2 Å². The van der Waals surface area contributed by atoms with E-state index in [1.54, 1.807) is 18.2 Å². The van der Waals surface area contributed by atoms with Gasteiger partial charge in [-0.2, -0.15) is 0 Å². The molecule has 27 heavy (non-hydrogen) atoms. The van der Waals surface area contributed by atoms with Gasteiger partial charge in [0.15, 0.2) is 0 Å². The second-order valence-corrected chi connectivity index (χ2v) is 8.93. The summed E-state index contributed by atoms with van der Waals surface area (Å²) in [6, 6.07) is 13.2. The fourth-order valence-electron chi connectivity index (χ4n) is 3.24. The number of benzene rings is 2. The molecule has 144 valence electrons. The highest BCUT2D eigenvalue weighted by atomic mass is 32.2. The first-order valence-corrected chi connectivity index (χ1v) is 10.8. The lowest BCUT2D eigenvalue weighted by Gasteiger charge is -2.29. The van der Waals surface area contributed by atoms with Gasteiger partial charge in [-0.25, -0.2) is 8.42 Å². The average Bonchev–Trinajstić information content (AvgIpc) is 2.64. The SMILES string of the molecule is CN(C)c1ccc(CNC(=O)c2ccc3c(c2)CCCN3S(C)(=O)=O)cc1. The maximum atomic E-state index is 12.5. The van der Waals surface area contributed by atoms with Gasteiger partial charge in [0, 0.05) is 38.4 Å². The number of nitrogens with zero attached hydrogens (tertiary/aromatic N) is 2. The summed E-state index contributed by atoms with van der Waals surface area (Å²) < 4.78 is 25.3. The van der Waals surface area contributed by atoms with E-state index >= 15 is 0 Å². The van der Waals surface area contributed by atoms with Gasteiger partial charge in [-0.15, -0.1) is 0 Å². The van der Waals surface area contributed by atoms with Gasteiger partial charge in [-0.05, 0) is 54.3 Å². The van der Waals surface area contributed by atoms with Crippen LogP contribution in [0.5, 0.6) is 0 Å². The molecule has 3 rings (SSSR count). The van der Waals surface area contributed by atoms with Crippen molar-refractivity contribution in [2.45, 2.75) is 19.4 Å². The van der Waals surface area contributed by atoms with Crippen LogP contribution < -0.4 is 14.5 Å². The van der Waals surface area contributed by atoms with Crippen molar-refractivity contribution < 1.29 is 13.2 Å². The summed E-state index contributed by atoms with van der Waals surface area (Å²) in [5.41, 5.74) is 4.26. The van der Waals surface area contributed by atoms with Crippen LogP contribution in [0.2, 0.25) is 0 Å². The molecule has 2 aromatic carbocycles. The number of rotatable bonds is 5. The summed E-state index contributed by atoms with van der Waals surface area (Å²) in [4.78, 5) is 14.5. The van der Waals surface area contributed by atoms with E-state index in [4.69, 9.17) is 0 Å². The quantitative estimate of drug-likeness (QED) is 0.855. The maximum Gasteiger partial charge on any atom is 0.251 e. The van der Waals surface area contributed by atoms with Gasteiger partial charge >= 0.3 is 0 Å². The molecule has 0 saturated heterocycles. The Kier molecular flexibility index (Phi) is 5.41. The highest BCUT2D eigenvalue weighted by Gasteiger charge is 2.24. The number of nitrogens with one attached hydrogen (secondary N) is 1. The van der Waals surface area contributed by atoms with Crippen LogP contribution in [0.25, 0.3) is 0 Å². The molecule has 7 heteroatoms. The Hall–Kier alpha value is -2.54. The largest absolute Gasteiger partial charge is 0.378 e. The molecule has 1 aliphatic heterocycles. The summed E-state index contributed by atoms with van der Waals surface area (Å²) in [7, 11) is 0.669. The van der Waals surface area contributed by atoms with Gasteiger partial charge in [0.1, 0.15) is 0 Å². The van der Waals surface area contributed by atoms with E-state index in [1.165, 1.54) is 10.6 Å². The molecule has 1 heterocycles. The smallest absolute Gasteiger partial charge is 0.251 e. The lowest BCUT2D eigenvalue weighted by atomic mass is 10.0. The molecule has 0 aliphatic carbocycles. The number of amides is 1. The van der Waals surface area contributed by atoms with E-state index in [-0.39, 0.29) is 5.91 Å². The minimum atomic E-state index is -3.30. The number of hydrogen-bond donors (Lipinski definition) is 1. The Morgan fingerprint density at radius 2 is 1.85 bits per heavy atom.